The number of quaternary nitrogens is 1. The fraction of sp³-hybridized carbons (Fsp3) is 0.870. The van der Waals surface area contributed by atoms with Crippen LogP contribution in [0.15, 0.2) is 12.2 Å². The second-order valence-corrected chi connectivity index (χ2v) is 8.44. The van der Waals surface area contributed by atoms with Crippen LogP contribution in [0.25, 0.3) is 0 Å². The van der Waals surface area contributed by atoms with Gasteiger partial charge in [0.15, 0.2) is 0 Å². The first-order valence-corrected chi connectivity index (χ1v) is 11.1. The number of nitrogens with zero attached hydrogens (tertiary/aromatic N) is 1. The molecular weight excluding hydrogens is 338 g/mol. The lowest BCUT2D eigenvalue weighted by molar-refractivity contribution is -0.870. The number of aliphatic hydroxyl groups is 1. The Bertz CT molecular complexity index is 335. The number of aliphatic hydroxyl groups excluding tert-OH is 1. The summed E-state index contributed by atoms with van der Waals surface area (Å²) in [4.78, 5) is 10.2. The predicted octanol–water partition coefficient (Wildman–Crippen LogP) is 4.46. The summed E-state index contributed by atoms with van der Waals surface area (Å²) in [5.74, 6) is -0.914. The van der Waals surface area contributed by atoms with E-state index < -0.39 is 5.97 Å². The molecule has 162 valence electrons. The molecular formula is C23H47NO3. The number of likely N-dealkylation sites (N-methyl/N-ethyl adjacent to an activating group) is 1. The number of carboxylic acids is 1. The molecule has 0 aliphatic heterocycles. The van der Waals surface area contributed by atoms with Crippen molar-refractivity contribution in [2.24, 2.45) is 0 Å². The first-order valence-electron chi connectivity index (χ1n) is 11.1. The quantitative estimate of drug-likeness (QED) is 0.228. The van der Waals surface area contributed by atoms with Gasteiger partial charge in [-0.05, 0) is 38.5 Å². The van der Waals surface area contributed by atoms with Crippen molar-refractivity contribution in [3.05, 3.63) is 12.2 Å². The van der Waals surface area contributed by atoms with Crippen LogP contribution in [0.4, 0.5) is 0 Å². The molecule has 0 aliphatic rings. The van der Waals surface area contributed by atoms with E-state index in [-0.39, 0.29) is 13.0 Å². The number of rotatable bonds is 17. The number of allylic oxidation sites excluding steroid dienone is 2. The highest BCUT2D eigenvalue weighted by molar-refractivity contribution is 5.63. The minimum absolute atomic E-state index is 0.220. The summed E-state index contributed by atoms with van der Waals surface area (Å²) in [6, 6.07) is 0. The smallest absolute Gasteiger partial charge is 0.101 e. The lowest BCUT2D eigenvalue weighted by Gasteiger charge is -2.21. The normalized spacial score (nSPS) is 11.4. The van der Waals surface area contributed by atoms with Crippen LogP contribution in [0.5, 0.6) is 0 Å². The highest BCUT2D eigenvalue weighted by atomic mass is 16.4. The molecule has 0 spiro atoms. The van der Waals surface area contributed by atoms with Gasteiger partial charge in [-0.2, -0.15) is 0 Å². The zero-order valence-corrected chi connectivity index (χ0v) is 18.7. The Kier molecular flexibility index (Phi) is 22.5. The lowest BCUT2D eigenvalue weighted by Crippen LogP contribution is -2.36. The summed E-state index contributed by atoms with van der Waals surface area (Å²) in [5, 5.41) is 18.6. The topological polar surface area (TPSA) is 60.4 Å². The highest BCUT2D eigenvalue weighted by Gasteiger charge is 2.02. The second kappa shape index (κ2) is 21.4. The maximum Gasteiger partial charge on any atom is 0.101 e. The van der Waals surface area contributed by atoms with Gasteiger partial charge >= 0.3 is 0 Å². The van der Waals surface area contributed by atoms with E-state index in [9.17, 15) is 9.90 Å². The average molecular weight is 386 g/mol. The van der Waals surface area contributed by atoms with E-state index in [1.54, 1.807) is 0 Å². The molecule has 0 saturated carbocycles. The molecule has 1 N–H and O–H groups in total. The van der Waals surface area contributed by atoms with Gasteiger partial charge in [-0.3, -0.25) is 0 Å². The fourth-order valence-corrected chi connectivity index (χ4v) is 2.64. The van der Waals surface area contributed by atoms with Crippen LogP contribution in [0.2, 0.25) is 0 Å². The van der Waals surface area contributed by atoms with Crippen molar-refractivity contribution in [2.45, 2.75) is 96.8 Å². The van der Waals surface area contributed by atoms with E-state index in [1.807, 2.05) is 0 Å². The molecule has 0 bridgehead atoms. The summed E-state index contributed by atoms with van der Waals surface area (Å²) < 4.78 is 0.844. The summed E-state index contributed by atoms with van der Waals surface area (Å²) in [6.45, 7) is 3.37. The zero-order chi connectivity index (χ0) is 20.8. The van der Waals surface area contributed by atoms with Crippen LogP contribution >= 0.6 is 0 Å². The van der Waals surface area contributed by atoms with Gasteiger partial charge < -0.3 is 19.5 Å². The average Bonchev–Trinajstić information content (AvgIpc) is 2.57. The van der Waals surface area contributed by atoms with Crippen molar-refractivity contribution in [3.8, 4) is 0 Å². The summed E-state index contributed by atoms with van der Waals surface area (Å²) >= 11 is 0. The third-order valence-electron chi connectivity index (χ3n) is 4.41. The maximum atomic E-state index is 10.2. The van der Waals surface area contributed by atoms with Crippen LogP contribution in [-0.4, -0.2) is 49.9 Å². The Hall–Kier alpha value is -0.870. The van der Waals surface area contributed by atoms with Gasteiger partial charge in [0.05, 0.1) is 27.7 Å². The minimum atomic E-state index is -0.914. The van der Waals surface area contributed by atoms with Gasteiger partial charge in [0.2, 0.25) is 0 Å². The standard InChI is InChI=1S/C18H34O2.C5H14NO/c1-2-3-4-5-6-7-8-9-10-11-12-13-14-15-16-17-18(19)20;1-6(2,3)4-5-7/h9-10H,2-8,11-17H2,1H3,(H,19,20);7H,4-5H2,1-3H3/q;+1/p-1. The first kappa shape index (κ1) is 28.3. The van der Waals surface area contributed by atoms with Crippen molar-refractivity contribution in [1.82, 2.24) is 0 Å². The van der Waals surface area contributed by atoms with Gasteiger partial charge in [0.25, 0.3) is 0 Å². The number of hydrogen-bond donors (Lipinski definition) is 1. The van der Waals surface area contributed by atoms with E-state index >= 15 is 0 Å². The number of carboxylic acid groups (broad SMARTS) is 1. The Morgan fingerprint density at radius 2 is 1.26 bits per heavy atom. The number of carbonyl (C=O) groups is 1. The highest BCUT2D eigenvalue weighted by Crippen LogP contribution is 2.09. The van der Waals surface area contributed by atoms with E-state index in [0.717, 1.165) is 30.3 Å². The van der Waals surface area contributed by atoms with E-state index in [0.29, 0.717) is 0 Å². The molecule has 0 heterocycles. The predicted molar refractivity (Wildman–Crippen MR) is 114 cm³/mol. The van der Waals surface area contributed by atoms with Crippen molar-refractivity contribution < 1.29 is 19.5 Å². The van der Waals surface area contributed by atoms with E-state index in [1.165, 1.54) is 64.2 Å². The third-order valence-corrected chi connectivity index (χ3v) is 4.41. The molecule has 0 saturated heterocycles. The first-order chi connectivity index (χ1) is 12.8. The molecule has 27 heavy (non-hydrogen) atoms. The van der Waals surface area contributed by atoms with Crippen LogP contribution in [0, 0.1) is 0 Å². The molecule has 0 aromatic carbocycles. The largest absolute Gasteiger partial charge is 0.550 e. The molecule has 0 aromatic heterocycles. The molecule has 0 radical (unpaired) electrons. The van der Waals surface area contributed by atoms with E-state index in [4.69, 9.17) is 5.11 Å². The molecule has 0 fully saturated rings. The molecule has 0 rings (SSSR count). The van der Waals surface area contributed by atoms with Crippen LogP contribution in [-0.2, 0) is 4.79 Å². The number of aliphatic carboxylic acids is 1. The minimum Gasteiger partial charge on any atom is -0.550 e. The van der Waals surface area contributed by atoms with Crippen LogP contribution in [0.1, 0.15) is 96.8 Å². The maximum absolute atomic E-state index is 10.2. The van der Waals surface area contributed by atoms with Crippen molar-refractivity contribution >= 4 is 5.97 Å². The Morgan fingerprint density at radius 1 is 0.815 bits per heavy atom. The van der Waals surface area contributed by atoms with Crippen molar-refractivity contribution in [1.29, 1.82) is 0 Å². The second-order valence-electron chi connectivity index (χ2n) is 8.44. The Balaban J connectivity index is 0. The SMILES string of the molecule is CCCCCCCCC=CCCCCCCCC(=O)[O-].C[N+](C)(C)CCO. The zero-order valence-electron chi connectivity index (χ0n) is 18.7. The van der Waals surface area contributed by atoms with Gasteiger partial charge in [-0.15, -0.1) is 0 Å². The Morgan fingerprint density at radius 3 is 1.63 bits per heavy atom. The summed E-state index contributed by atoms with van der Waals surface area (Å²) in [6.07, 6.45) is 20.9. The van der Waals surface area contributed by atoms with Gasteiger partial charge in [-0.25, -0.2) is 0 Å². The molecule has 4 nitrogen and oxygen atoms in total. The summed E-state index contributed by atoms with van der Waals surface area (Å²) in [7, 11) is 6.16. The van der Waals surface area contributed by atoms with E-state index in [2.05, 4.69) is 40.2 Å². The van der Waals surface area contributed by atoms with Crippen molar-refractivity contribution in [2.75, 3.05) is 34.3 Å². The Labute approximate surface area is 169 Å². The summed E-state index contributed by atoms with van der Waals surface area (Å²) in [5.41, 5.74) is 0. The van der Waals surface area contributed by atoms with Gasteiger partial charge in [-0.1, -0.05) is 70.4 Å². The molecule has 0 aliphatic carbocycles. The van der Waals surface area contributed by atoms with Gasteiger partial charge in [0.1, 0.15) is 6.54 Å². The fourth-order valence-electron chi connectivity index (χ4n) is 2.64. The van der Waals surface area contributed by atoms with Crippen molar-refractivity contribution in [3.63, 3.8) is 0 Å². The molecule has 4 heteroatoms. The lowest BCUT2D eigenvalue weighted by atomic mass is 10.1. The molecule has 0 amide bonds. The molecule has 0 aromatic rings. The number of unbranched alkanes of at least 4 members (excludes halogenated alkanes) is 11. The molecule has 0 atom stereocenters. The third kappa shape index (κ3) is 33.2. The molecule has 0 unspecified atom stereocenters. The monoisotopic (exact) mass is 385 g/mol. The van der Waals surface area contributed by atoms with Crippen LogP contribution in [0.3, 0.4) is 0 Å². The number of hydrogen-bond acceptors (Lipinski definition) is 3. The van der Waals surface area contributed by atoms with Crippen LogP contribution < -0.4 is 5.11 Å². The van der Waals surface area contributed by atoms with Gasteiger partial charge in [0, 0.05) is 5.97 Å². The number of carbonyl (C=O) groups excluding carboxylic acids is 1.